The summed E-state index contributed by atoms with van der Waals surface area (Å²) in [5.41, 5.74) is 6.09. The molecule has 0 radical (unpaired) electrons. The number of hydrogen-bond donors (Lipinski definition) is 0. The van der Waals surface area contributed by atoms with Gasteiger partial charge in [0.05, 0.1) is 38.5 Å². The Morgan fingerprint density at radius 1 is 1.11 bits per heavy atom. The molecule has 2 aromatic carbocycles. The first-order valence-corrected chi connectivity index (χ1v) is 13.0. The Kier molecular flexibility index (Phi) is 7.09. The third kappa shape index (κ3) is 4.41. The molecule has 5 rings (SSSR count). The Bertz CT molecular complexity index is 1520. The van der Waals surface area contributed by atoms with Crippen molar-refractivity contribution in [3.05, 3.63) is 68.8 Å². The van der Waals surface area contributed by atoms with Gasteiger partial charge in [0.1, 0.15) is 17.9 Å². The Balaban J connectivity index is 1.62. The highest BCUT2D eigenvalue weighted by Gasteiger charge is 2.32. The zero-order valence-electron chi connectivity index (χ0n) is 22.8. The van der Waals surface area contributed by atoms with E-state index in [-0.39, 0.29) is 29.4 Å². The summed E-state index contributed by atoms with van der Waals surface area (Å²) in [5.74, 6) is 1.09. The lowest BCUT2D eigenvalue weighted by atomic mass is 9.86. The Labute approximate surface area is 222 Å². The summed E-state index contributed by atoms with van der Waals surface area (Å²) in [6, 6.07) is 8.11. The van der Waals surface area contributed by atoms with Gasteiger partial charge >= 0.3 is 0 Å². The van der Waals surface area contributed by atoms with Gasteiger partial charge in [0, 0.05) is 18.9 Å². The van der Waals surface area contributed by atoms with Gasteiger partial charge in [0.25, 0.3) is 5.56 Å². The summed E-state index contributed by atoms with van der Waals surface area (Å²) in [7, 11) is 4.99. The number of halogens is 1. The van der Waals surface area contributed by atoms with Crippen LogP contribution in [0.4, 0.5) is 4.39 Å². The minimum Gasteiger partial charge on any atom is -0.483 e. The van der Waals surface area contributed by atoms with Crippen molar-refractivity contribution in [2.75, 3.05) is 20.8 Å². The van der Waals surface area contributed by atoms with Gasteiger partial charge in [-0.2, -0.15) is 0 Å². The summed E-state index contributed by atoms with van der Waals surface area (Å²) in [4.78, 5) is 23.3. The molecule has 3 heterocycles. The van der Waals surface area contributed by atoms with Crippen LogP contribution in [0.25, 0.3) is 22.0 Å². The molecule has 0 unspecified atom stereocenters. The van der Waals surface area contributed by atoms with Crippen LogP contribution in [-0.2, 0) is 40.7 Å². The molecule has 3 aromatic rings. The van der Waals surface area contributed by atoms with E-state index >= 15 is 0 Å². The van der Waals surface area contributed by atoms with Gasteiger partial charge in [-0.05, 0) is 65.3 Å². The molecule has 0 aliphatic carbocycles. The van der Waals surface area contributed by atoms with E-state index in [1.807, 2.05) is 19.1 Å². The van der Waals surface area contributed by atoms with E-state index in [1.165, 1.54) is 12.1 Å². The Morgan fingerprint density at radius 2 is 1.87 bits per heavy atom. The third-order valence-electron chi connectivity index (χ3n) is 7.71. The first-order chi connectivity index (χ1) is 18.2. The largest absolute Gasteiger partial charge is 0.483 e. The number of fused-ring (bicyclic) bond motifs is 2. The van der Waals surface area contributed by atoms with Crippen LogP contribution in [0, 0.1) is 18.7 Å². The average molecular weight is 520 g/mol. The molecule has 0 N–H and O–H groups in total. The zero-order valence-corrected chi connectivity index (χ0v) is 22.8. The first kappa shape index (κ1) is 26.1. The number of aromatic nitrogens is 1. The molecule has 0 saturated carbocycles. The van der Waals surface area contributed by atoms with Gasteiger partial charge in [0.2, 0.25) is 11.8 Å². The van der Waals surface area contributed by atoms with Crippen LogP contribution in [0.5, 0.6) is 0 Å². The van der Waals surface area contributed by atoms with E-state index in [0.717, 1.165) is 33.2 Å². The Morgan fingerprint density at radius 3 is 2.58 bits per heavy atom. The highest BCUT2D eigenvalue weighted by molar-refractivity contribution is 5.94. The summed E-state index contributed by atoms with van der Waals surface area (Å²) in [6.45, 7) is 7.07. The standard InChI is InChI=1S/C30H34FN3O4/c1-16(2)27-29(37-6)32-24(28(33-27)36-5)13-18-7-9-21(20-11-12-38-15-23(18)20)26-17(3)22-14-19(31)8-10-25(22)34(4)30(26)35/h7-10,14,16,24,27H,11-13,15H2,1-6H3/t24-,27+/m0/s1. The van der Waals surface area contributed by atoms with Gasteiger partial charge in [-0.3, -0.25) is 4.79 Å². The molecular formula is C30H34FN3O4. The van der Waals surface area contributed by atoms with Crippen molar-refractivity contribution in [3.63, 3.8) is 0 Å². The number of rotatable bonds is 4. The van der Waals surface area contributed by atoms with E-state index in [9.17, 15) is 9.18 Å². The number of aliphatic imine (C=N–C) groups is 2. The molecule has 2 aliphatic rings. The van der Waals surface area contributed by atoms with Crippen LogP contribution in [0.15, 0.2) is 45.1 Å². The molecule has 1 aromatic heterocycles. The van der Waals surface area contributed by atoms with Gasteiger partial charge in [-0.1, -0.05) is 26.0 Å². The second-order valence-corrected chi connectivity index (χ2v) is 10.3. The fourth-order valence-electron chi connectivity index (χ4n) is 5.67. The molecule has 38 heavy (non-hydrogen) atoms. The SMILES string of the molecule is COC1=N[C@H](C(C)C)C(OC)=N[C@H]1Cc1ccc(-c2c(C)c3cc(F)ccc3n(C)c2=O)c2c1COCC2. The maximum atomic E-state index is 14.2. The summed E-state index contributed by atoms with van der Waals surface area (Å²) < 4.78 is 32.9. The predicted molar refractivity (Wildman–Crippen MR) is 148 cm³/mol. The summed E-state index contributed by atoms with van der Waals surface area (Å²) in [6.07, 6.45) is 1.25. The summed E-state index contributed by atoms with van der Waals surface area (Å²) >= 11 is 0. The smallest absolute Gasteiger partial charge is 0.258 e. The molecule has 7 nitrogen and oxygen atoms in total. The van der Waals surface area contributed by atoms with Crippen molar-refractivity contribution in [1.82, 2.24) is 4.57 Å². The molecular weight excluding hydrogens is 485 g/mol. The predicted octanol–water partition coefficient (Wildman–Crippen LogP) is 4.76. The van der Waals surface area contributed by atoms with E-state index in [1.54, 1.807) is 31.9 Å². The topological polar surface area (TPSA) is 74.4 Å². The van der Waals surface area contributed by atoms with E-state index in [4.69, 9.17) is 24.2 Å². The van der Waals surface area contributed by atoms with E-state index < -0.39 is 0 Å². The number of benzene rings is 2. The third-order valence-corrected chi connectivity index (χ3v) is 7.71. The molecule has 0 saturated heterocycles. The van der Waals surface area contributed by atoms with Gasteiger partial charge in [0.15, 0.2) is 0 Å². The molecule has 0 spiro atoms. The second kappa shape index (κ2) is 10.3. The van der Waals surface area contributed by atoms with Crippen LogP contribution in [0.2, 0.25) is 0 Å². The normalized spacial score (nSPS) is 19.3. The van der Waals surface area contributed by atoms with Gasteiger partial charge in [-0.15, -0.1) is 0 Å². The van der Waals surface area contributed by atoms with Crippen molar-refractivity contribution in [2.24, 2.45) is 23.0 Å². The van der Waals surface area contributed by atoms with E-state index in [2.05, 4.69) is 13.8 Å². The zero-order chi connectivity index (χ0) is 27.1. The van der Waals surface area contributed by atoms with Crippen LogP contribution in [0.1, 0.15) is 36.1 Å². The molecule has 200 valence electrons. The molecule has 2 atom stereocenters. The maximum Gasteiger partial charge on any atom is 0.258 e. The number of nitrogens with zero attached hydrogens (tertiary/aromatic N) is 3. The van der Waals surface area contributed by atoms with Crippen LogP contribution in [0.3, 0.4) is 0 Å². The number of ether oxygens (including phenoxy) is 3. The molecule has 0 fully saturated rings. The first-order valence-electron chi connectivity index (χ1n) is 13.0. The van der Waals surface area contributed by atoms with E-state index in [0.29, 0.717) is 48.9 Å². The highest BCUT2D eigenvalue weighted by Crippen LogP contribution is 2.35. The molecule has 8 heteroatoms. The quantitative estimate of drug-likeness (QED) is 0.498. The lowest BCUT2D eigenvalue weighted by Gasteiger charge is -2.29. The number of pyridine rings is 1. The molecule has 2 aliphatic heterocycles. The van der Waals surface area contributed by atoms with Crippen molar-refractivity contribution < 1.29 is 18.6 Å². The number of aryl methyl sites for hydroxylation is 2. The number of hydrogen-bond acceptors (Lipinski definition) is 6. The second-order valence-electron chi connectivity index (χ2n) is 10.3. The van der Waals surface area contributed by atoms with Crippen LogP contribution < -0.4 is 5.56 Å². The highest BCUT2D eigenvalue weighted by atomic mass is 19.1. The van der Waals surface area contributed by atoms with Crippen molar-refractivity contribution in [3.8, 4) is 11.1 Å². The molecule has 0 amide bonds. The van der Waals surface area contributed by atoms with Gasteiger partial charge < -0.3 is 18.8 Å². The van der Waals surface area contributed by atoms with Crippen molar-refractivity contribution >= 4 is 22.7 Å². The van der Waals surface area contributed by atoms with Crippen molar-refractivity contribution in [2.45, 2.75) is 52.3 Å². The minimum atomic E-state index is -0.324. The maximum absolute atomic E-state index is 14.2. The lowest BCUT2D eigenvalue weighted by molar-refractivity contribution is 0.110. The van der Waals surface area contributed by atoms with Crippen molar-refractivity contribution in [1.29, 1.82) is 0 Å². The van der Waals surface area contributed by atoms with Crippen LogP contribution >= 0.6 is 0 Å². The fourth-order valence-corrected chi connectivity index (χ4v) is 5.67. The Hall–Kier alpha value is -3.52. The minimum absolute atomic E-state index is 0.0989. The summed E-state index contributed by atoms with van der Waals surface area (Å²) in [5, 5.41) is 0.733. The average Bonchev–Trinajstić information content (AvgIpc) is 2.92. The molecule has 0 bridgehead atoms. The van der Waals surface area contributed by atoms with Gasteiger partial charge in [-0.25, -0.2) is 14.4 Å². The number of methoxy groups -OCH3 is 2. The monoisotopic (exact) mass is 519 g/mol. The lowest BCUT2D eigenvalue weighted by Crippen LogP contribution is -2.38. The van der Waals surface area contributed by atoms with Crippen LogP contribution in [-0.4, -0.2) is 49.3 Å². The fraction of sp³-hybridized carbons (Fsp3) is 0.433.